The van der Waals surface area contributed by atoms with Crippen LogP contribution in [0.4, 0.5) is 0 Å². The van der Waals surface area contributed by atoms with Crippen molar-refractivity contribution in [1.82, 2.24) is 14.8 Å². The van der Waals surface area contributed by atoms with Gasteiger partial charge >= 0.3 is 0 Å². The van der Waals surface area contributed by atoms with Crippen LogP contribution in [0.15, 0.2) is 47.4 Å². The van der Waals surface area contributed by atoms with E-state index in [9.17, 15) is 9.59 Å². The average molecular weight is 369 g/mol. The highest BCUT2D eigenvalue weighted by atomic mass is 16.5. The molecule has 0 unspecified atom stereocenters. The second-order valence-corrected chi connectivity index (χ2v) is 6.92. The number of carbonyl (C=O) groups excluding carboxylic acids is 1. The van der Waals surface area contributed by atoms with E-state index < -0.39 is 0 Å². The predicted octanol–water partition coefficient (Wildman–Crippen LogP) is 2.16. The van der Waals surface area contributed by atoms with Crippen molar-refractivity contribution in [2.75, 3.05) is 20.2 Å². The van der Waals surface area contributed by atoms with Crippen LogP contribution >= 0.6 is 0 Å². The largest absolute Gasteiger partial charge is 0.491 e. The molecule has 0 radical (unpaired) electrons. The number of ether oxygens (including phenoxy) is 1. The molecule has 1 aliphatic heterocycles. The fraction of sp³-hybridized carbons (Fsp3) is 0.429. The van der Waals surface area contributed by atoms with Gasteiger partial charge in [0.2, 0.25) is 11.3 Å². The van der Waals surface area contributed by atoms with Crippen molar-refractivity contribution < 1.29 is 9.53 Å². The van der Waals surface area contributed by atoms with Crippen molar-refractivity contribution >= 4 is 5.91 Å². The summed E-state index contributed by atoms with van der Waals surface area (Å²) < 4.78 is 6.99. The Morgan fingerprint density at radius 2 is 1.89 bits per heavy atom. The molecule has 2 aromatic rings. The first-order valence-corrected chi connectivity index (χ1v) is 9.46. The Bertz CT molecular complexity index is 811. The Balaban J connectivity index is 1.71. The molecule has 1 amide bonds. The fourth-order valence-electron chi connectivity index (χ4n) is 3.38. The zero-order valence-electron chi connectivity index (χ0n) is 15.8. The Hall–Kier alpha value is -2.60. The number of nitrogens with zero attached hydrogens (tertiary/aromatic N) is 2. The number of amides is 1. The summed E-state index contributed by atoms with van der Waals surface area (Å²) in [6.45, 7) is 3.37. The zero-order valence-corrected chi connectivity index (χ0v) is 15.8. The van der Waals surface area contributed by atoms with Crippen molar-refractivity contribution in [1.29, 1.82) is 0 Å². The molecule has 0 spiro atoms. The minimum absolute atomic E-state index is 0.0931. The number of nitrogens with one attached hydrogen (secondary N) is 1. The van der Waals surface area contributed by atoms with E-state index in [1.165, 1.54) is 26.4 Å². The van der Waals surface area contributed by atoms with Crippen molar-refractivity contribution in [2.45, 2.75) is 38.9 Å². The van der Waals surface area contributed by atoms with E-state index >= 15 is 0 Å². The van der Waals surface area contributed by atoms with E-state index in [1.807, 2.05) is 34.9 Å². The Kier molecular flexibility index (Phi) is 6.65. The van der Waals surface area contributed by atoms with Crippen LogP contribution < -0.4 is 15.5 Å². The van der Waals surface area contributed by atoms with Gasteiger partial charge in [0.1, 0.15) is 6.54 Å². The van der Waals surface area contributed by atoms with Crippen LogP contribution in [0.3, 0.4) is 0 Å². The lowest BCUT2D eigenvalue weighted by molar-refractivity contribution is -0.121. The molecule has 1 aromatic carbocycles. The molecule has 1 saturated heterocycles. The van der Waals surface area contributed by atoms with Crippen molar-refractivity contribution in [3.05, 3.63) is 64.1 Å². The number of rotatable bonds is 7. The fourth-order valence-corrected chi connectivity index (χ4v) is 3.38. The molecule has 2 heterocycles. The van der Waals surface area contributed by atoms with E-state index in [4.69, 9.17) is 4.74 Å². The van der Waals surface area contributed by atoms with Gasteiger partial charge in [0.15, 0.2) is 5.75 Å². The Morgan fingerprint density at radius 3 is 2.59 bits per heavy atom. The van der Waals surface area contributed by atoms with E-state index in [-0.39, 0.29) is 23.6 Å². The van der Waals surface area contributed by atoms with Gasteiger partial charge in [0, 0.05) is 24.8 Å². The Labute approximate surface area is 159 Å². The molecule has 27 heavy (non-hydrogen) atoms. The molecule has 6 nitrogen and oxygen atoms in total. The van der Waals surface area contributed by atoms with Gasteiger partial charge in [0.25, 0.3) is 0 Å². The number of hydrogen-bond donors (Lipinski definition) is 1. The summed E-state index contributed by atoms with van der Waals surface area (Å²) in [4.78, 5) is 27.0. The highest BCUT2D eigenvalue weighted by Gasteiger charge is 2.15. The summed E-state index contributed by atoms with van der Waals surface area (Å²) in [7, 11) is 1.47. The number of likely N-dealkylation sites (tertiary alicyclic amines) is 1. The van der Waals surface area contributed by atoms with Gasteiger partial charge in [-0.15, -0.1) is 0 Å². The monoisotopic (exact) mass is 369 g/mol. The second-order valence-electron chi connectivity index (χ2n) is 6.92. The van der Waals surface area contributed by atoms with Crippen LogP contribution in [0, 0.1) is 0 Å². The molecule has 1 aliphatic rings. The molecule has 144 valence electrons. The van der Waals surface area contributed by atoms with Crippen molar-refractivity contribution in [2.24, 2.45) is 0 Å². The quantitative estimate of drug-likeness (QED) is 0.812. The molecule has 1 fully saturated rings. The van der Waals surface area contributed by atoms with Crippen LogP contribution in [-0.4, -0.2) is 35.6 Å². The number of aromatic nitrogens is 1. The van der Waals surface area contributed by atoms with Crippen LogP contribution in [0.5, 0.6) is 5.75 Å². The maximum absolute atomic E-state index is 12.5. The van der Waals surface area contributed by atoms with Gasteiger partial charge in [-0.3, -0.25) is 14.5 Å². The minimum atomic E-state index is -0.148. The van der Waals surface area contributed by atoms with Gasteiger partial charge < -0.3 is 14.6 Å². The number of piperidine rings is 1. The van der Waals surface area contributed by atoms with Crippen LogP contribution in [0.25, 0.3) is 0 Å². The molecule has 0 atom stereocenters. The van der Waals surface area contributed by atoms with Crippen LogP contribution in [0.1, 0.15) is 30.5 Å². The van der Waals surface area contributed by atoms with Crippen LogP contribution in [0.2, 0.25) is 0 Å². The average Bonchev–Trinajstić information content (AvgIpc) is 2.70. The lowest BCUT2D eigenvalue weighted by atomic mass is 10.1. The van der Waals surface area contributed by atoms with E-state index in [0.29, 0.717) is 13.1 Å². The van der Waals surface area contributed by atoms with Gasteiger partial charge in [0.05, 0.1) is 13.3 Å². The first-order chi connectivity index (χ1) is 13.2. The summed E-state index contributed by atoms with van der Waals surface area (Å²) in [6.07, 6.45) is 5.26. The number of pyridine rings is 1. The molecular weight excluding hydrogens is 342 g/mol. The molecule has 6 heteroatoms. The zero-order chi connectivity index (χ0) is 19.1. The molecule has 0 bridgehead atoms. The molecular formula is C21H27N3O3. The molecule has 0 saturated carbocycles. The number of benzene rings is 1. The van der Waals surface area contributed by atoms with Crippen molar-refractivity contribution in [3.63, 3.8) is 0 Å². The van der Waals surface area contributed by atoms with Crippen molar-refractivity contribution in [3.8, 4) is 5.75 Å². The highest BCUT2D eigenvalue weighted by molar-refractivity contribution is 5.75. The smallest absolute Gasteiger partial charge is 0.240 e. The molecule has 3 rings (SSSR count). The standard InChI is InChI=1S/C21H27N3O3/c1-27-20-15-24(16-21(26)22-13-17-8-4-2-5-9-17)18(12-19(20)25)14-23-10-6-3-7-11-23/h2,4-5,8-9,12,15H,3,6-7,10-11,13-14,16H2,1H3,(H,22,26). The first-order valence-electron chi connectivity index (χ1n) is 9.46. The summed E-state index contributed by atoms with van der Waals surface area (Å²) >= 11 is 0. The maximum atomic E-state index is 12.5. The van der Waals surface area contributed by atoms with E-state index in [0.717, 1.165) is 24.3 Å². The van der Waals surface area contributed by atoms with Gasteiger partial charge in [-0.05, 0) is 31.5 Å². The maximum Gasteiger partial charge on any atom is 0.240 e. The molecule has 1 N–H and O–H groups in total. The molecule has 1 aromatic heterocycles. The highest BCUT2D eigenvalue weighted by Crippen LogP contribution is 2.14. The van der Waals surface area contributed by atoms with Crippen LogP contribution in [-0.2, 0) is 24.4 Å². The number of hydrogen-bond acceptors (Lipinski definition) is 4. The second kappa shape index (κ2) is 9.37. The van der Waals surface area contributed by atoms with E-state index in [2.05, 4.69) is 10.2 Å². The van der Waals surface area contributed by atoms with Gasteiger partial charge in [-0.1, -0.05) is 36.8 Å². The SMILES string of the molecule is COc1cn(CC(=O)NCc2ccccc2)c(CN2CCCCC2)cc1=O. The Morgan fingerprint density at radius 1 is 1.15 bits per heavy atom. The first kappa shape index (κ1) is 19.2. The topological polar surface area (TPSA) is 63.6 Å². The minimum Gasteiger partial charge on any atom is -0.491 e. The molecule has 0 aliphatic carbocycles. The summed E-state index contributed by atoms with van der Waals surface area (Å²) in [5, 5.41) is 2.94. The summed E-state index contributed by atoms with van der Waals surface area (Å²) in [5.74, 6) is 0.165. The summed E-state index contributed by atoms with van der Waals surface area (Å²) in [6, 6.07) is 11.4. The third-order valence-electron chi connectivity index (χ3n) is 4.88. The lowest BCUT2D eigenvalue weighted by Gasteiger charge is -2.27. The third-order valence-corrected chi connectivity index (χ3v) is 4.88. The normalized spacial score (nSPS) is 14.7. The predicted molar refractivity (Wildman–Crippen MR) is 105 cm³/mol. The van der Waals surface area contributed by atoms with Gasteiger partial charge in [-0.25, -0.2) is 0 Å². The number of carbonyl (C=O) groups is 1. The van der Waals surface area contributed by atoms with E-state index in [1.54, 1.807) is 12.3 Å². The lowest BCUT2D eigenvalue weighted by Crippen LogP contribution is -2.33. The third kappa shape index (κ3) is 5.44. The number of methoxy groups -OCH3 is 1. The summed E-state index contributed by atoms with van der Waals surface area (Å²) in [5.41, 5.74) is 1.75. The van der Waals surface area contributed by atoms with Gasteiger partial charge in [-0.2, -0.15) is 0 Å².